The molecule has 5 aliphatic carbocycles. The molecule has 5 heteroatoms. The molecule has 0 N–H and O–H groups in total. The molecule has 0 spiro atoms. The molecule has 0 amide bonds. The van der Waals surface area contributed by atoms with E-state index >= 15 is 4.39 Å². The number of benzene rings is 2. The Hall–Kier alpha value is -3.26. The van der Waals surface area contributed by atoms with E-state index in [9.17, 15) is 14.9 Å². The van der Waals surface area contributed by atoms with Crippen molar-refractivity contribution in [3.63, 3.8) is 0 Å². The molecule has 7 rings (SSSR count). The van der Waals surface area contributed by atoms with Gasteiger partial charge in [-0.2, -0.15) is 5.26 Å². The molecule has 260 valence electrons. The maximum atomic E-state index is 15.2. The number of nitriles is 1. The average Bonchev–Trinajstić information content (AvgIpc) is 3.05. The predicted molar refractivity (Wildman–Crippen MR) is 190 cm³/mol. The molecular weight excluding hydrogens is 609 g/mol. The van der Waals surface area contributed by atoms with Crippen LogP contribution in [-0.2, 0) is 20.9 Å². The van der Waals surface area contributed by atoms with E-state index < -0.39 is 16.7 Å². The van der Waals surface area contributed by atoms with Crippen LogP contribution in [0, 0.1) is 73.3 Å². The highest BCUT2D eigenvalue weighted by atomic mass is 19.1. The Kier molecular flexibility index (Phi) is 7.94. The van der Waals surface area contributed by atoms with Crippen LogP contribution in [0.3, 0.4) is 0 Å². The lowest BCUT2D eigenvalue weighted by Gasteiger charge is -2.71. The molecule has 8 atom stereocenters. The smallest absolute Gasteiger partial charge is 0.313 e. The Labute approximate surface area is 292 Å². The van der Waals surface area contributed by atoms with E-state index in [1.807, 2.05) is 36.4 Å². The van der Waals surface area contributed by atoms with E-state index in [0.717, 1.165) is 62.5 Å². The number of hydrogen-bond donors (Lipinski definition) is 0. The number of halogens is 1. The molecular formula is C44H54FNO3. The SMILES string of the molecule is CC1(C)CC[C@]2(C(=O)OCc3ccccc3)CC[C@]3(C)C(=C(c4cccc(F)c4)CC4[C@@]5(C)CC(C#N)C(=O)C(C)(C)[C@@H]5CC[C@]43C)[C@@H]2C1. The van der Waals surface area contributed by atoms with Gasteiger partial charge in [0.05, 0.1) is 11.5 Å². The van der Waals surface area contributed by atoms with Crippen LogP contribution in [-0.4, -0.2) is 11.8 Å². The molecule has 5 aliphatic rings. The number of nitrogens with zero attached hydrogens (tertiary/aromatic N) is 1. The number of ether oxygens (including phenoxy) is 1. The molecule has 0 bridgehead atoms. The van der Waals surface area contributed by atoms with Crippen LogP contribution in [0.5, 0.6) is 0 Å². The van der Waals surface area contributed by atoms with Gasteiger partial charge in [-0.15, -0.1) is 0 Å². The van der Waals surface area contributed by atoms with E-state index in [0.29, 0.717) is 6.42 Å². The molecule has 4 fully saturated rings. The minimum atomic E-state index is -0.632. The van der Waals surface area contributed by atoms with Gasteiger partial charge in [-0.05, 0) is 126 Å². The maximum absolute atomic E-state index is 15.2. The van der Waals surface area contributed by atoms with Gasteiger partial charge < -0.3 is 4.74 Å². The Morgan fingerprint density at radius 2 is 1.61 bits per heavy atom. The molecule has 4 saturated carbocycles. The van der Waals surface area contributed by atoms with Crippen LogP contribution in [0.25, 0.3) is 5.57 Å². The largest absolute Gasteiger partial charge is 0.460 e. The van der Waals surface area contributed by atoms with Gasteiger partial charge in [-0.3, -0.25) is 9.59 Å². The van der Waals surface area contributed by atoms with Crippen molar-refractivity contribution in [1.29, 1.82) is 5.26 Å². The van der Waals surface area contributed by atoms with E-state index in [1.54, 1.807) is 6.07 Å². The number of Topliss-reactive ketones (excluding diaryl/α,β-unsaturated/α-hetero) is 1. The summed E-state index contributed by atoms with van der Waals surface area (Å²) in [6, 6.07) is 19.4. The van der Waals surface area contributed by atoms with Gasteiger partial charge in [-0.1, -0.05) is 96.5 Å². The summed E-state index contributed by atoms with van der Waals surface area (Å²) >= 11 is 0. The van der Waals surface area contributed by atoms with Crippen molar-refractivity contribution in [1.82, 2.24) is 0 Å². The third-order valence-electron chi connectivity index (χ3n) is 15.4. The maximum Gasteiger partial charge on any atom is 0.313 e. The fourth-order valence-corrected chi connectivity index (χ4v) is 12.6. The van der Waals surface area contributed by atoms with Crippen LogP contribution in [0.4, 0.5) is 4.39 Å². The first-order valence-corrected chi connectivity index (χ1v) is 18.7. The number of rotatable bonds is 4. The van der Waals surface area contributed by atoms with E-state index in [4.69, 9.17) is 4.74 Å². The lowest BCUT2D eigenvalue weighted by molar-refractivity contribution is -0.193. The molecule has 4 nitrogen and oxygen atoms in total. The second-order valence-electron chi connectivity index (χ2n) is 18.6. The number of allylic oxidation sites excluding steroid dienone is 2. The van der Waals surface area contributed by atoms with Crippen LogP contribution in [0.15, 0.2) is 60.2 Å². The molecule has 49 heavy (non-hydrogen) atoms. The van der Waals surface area contributed by atoms with E-state index in [1.165, 1.54) is 17.2 Å². The van der Waals surface area contributed by atoms with Gasteiger partial charge in [-0.25, -0.2) is 4.39 Å². The fourth-order valence-electron chi connectivity index (χ4n) is 12.6. The van der Waals surface area contributed by atoms with Crippen molar-refractivity contribution in [3.05, 3.63) is 77.1 Å². The highest BCUT2D eigenvalue weighted by Gasteiger charge is 2.71. The highest BCUT2D eigenvalue weighted by molar-refractivity contribution is 5.90. The third-order valence-corrected chi connectivity index (χ3v) is 15.4. The molecule has 2 aromatic carbocycles. The molecule has 0 aromatic heterocycles. The van der Waals surface area contributed by atoms with Crippen LogP contribution in [0.2, 0.25) is 0 Å². The lowest BCUT2D eigenvalue weighted by atomic mass is 9.32. The van der Waals surface area contributed by atoms with Crippen molar-refractivity contribution in [2.24, 2.45) is 56.2 Å². The summed E-state index contributed by atoms with van der Waals surface area (Å²) in [4.78, 5) is 28.3. The summed E-state index contributed by atoms with van der Waals surface area (Å²) in [6.45, 7) is 16.4. The first kappa shape index (κ1) is 34.2. The summed E-state index contributed by atoms with van der Waals surface area (Å²) < 4.78 is 21.4. The molecule has 2 aromatic rings. The summed E-state index contributed by atoms with van der Waals surface area (Å²) in [5, 5.41) is 10.3. The van der Waals surface area contributed by atoms with Gasteiger partial charge in [0.25, 0.3) is 0 Å². The Balaban J connectivity index is 1.42. The second-order valence-corrected chi connectivity index (χ2v) is 18.6. The first-order valence-electron chi connectivity index (χ1n) is 18.7. The summed E-state index contributed by atoms with van der Waals surface area (Å²) in [7, 11) is 0. The van der Waals surface area contributed by atoms with E-state index in [-0.39, 0.29) is 63.6 Å². The van der Waals surface area contributed by atoms with Gasteiger partial charge in [0, 0.05) is 5.41 Å². The Morgan fingerprint density at radius 1 is 0.898 bits per heavy atom. The van der Waals surface area contributed by atoms with Crippen molar-refractivity contribution in [2.75, 3.05) is 0 Å². The number of ketones is 1. The van der Waals surface area contributed by atoms with Gasteiger partial charge in [0.15, 0.2) is 5.78 Å². The summed E-state index contributed by atoms with van der Waals surface area (Å²) in [5.41, 5.74) is 2.66. The average molecular weight is 664 g/mol. The van der Waals surface area contributed by atoms with Gasteiger partial charge in [0.1, 0.15) is 18.3 Å². The lowest BCUT2D eigenvalue weighted by Crippen LogP contribution is -2.66. The topological polar surface area (TPSA) is 67.2 Å². The zero-order chi connectivity index (χ0) is 35.2. The Morgan fingerprint density at radius 3 is 2.31 bits per heavy atom. The van der Waals surface area contributed by atoms with Crippen LogP contribution in [0.1, 0.15) is 117 Å². The van der Waals surface area contributed by atoms with Gasteiger partial charge >= 0.3 is 5.97 Å². The third kappa shape index (κ3) is 4.93. The summed E-state index contributed by atoms with van der Waals surface area (Å²) in [5.74, 6) is -0.525. The van der Waals surface area contributed by atoms with Crippen LogP contribution < -0.4 is 0 Å². The normalized spacial score (nSPS) is 39.0. The minimum Gasteiger partial charge on any atom is -0.460 e. The Bertz CT molecular complexity index is 1750. The quantitative estimate of drug-likeness (QED) is 0.305. The molecule has 0 aliphatic heterocycles. The van der Waals surface area contributed by atoms with Crippen molar-refractivity contribution >= 4 is 17.3 Å². The zero-order valence-electron chi connectivity index (χ0n) is 30.6. The zero-order valence-corrected chi connectivity index (χ0v) is 30.6. The van der Waals surface area contributed by atoms with Crippen molar-refractivity contribution in [2.45, 2.75) is 113 Å². The molecule has 2 unspecified atom stereocenters. The monoisotopic (exact) mass is 663 g/mol. The predicted octanol–water partition coefficient (Wildman–Crippen LogP) is 10.5. The van der Waals surface area contributed by atoms with E-state index in [2.05, 4.69) is 60.6 Å². The molecule has 0 heterocycles. The van der Waals surface area contributed by atoms with Crippen molar-refractivity contribution < 1.29 is 18.7 Å². The summed E-state index contributed by atoms with van der Waals surface area (Å²) in [6.07, 6.45) is 7.52. The molecule has 0 radical (unpaired) electrons. The highest BCUT2D eigenvalue weighted by Crippen LogP contribution is 2.77. The fraction of sp³-hybridized carbons (Fsp3) is 0.614. The number of fused-ring (bicyclic) bond motifs is 7. The molecule has 0 saturated heterocycles. The van der Waals surface area contributed by atoms with Crippen molar-refractivity contribution in [3.8, 4) is 6.07 Å². The second kappa shape index (κ2) is 11.4. The van der Waals surface area contributed by atoms with Crippen LogP contribution >= 0.6 is 0 Å². The number of hydrogen-bond acceptors (Lipinski definition) is 4. The number of carbonyl (C=O) groups is 2. The standard InChI is InChI=1S/C44H54FNO3/c1-39(2)18-20-44(38(48)49-27-28-12-9-8-10-13-28)21-19-43(7)36(33(44)25-39)32(29-14-11-15-31(45)22-29)23-35-41(5)24-30(26-46)37(47)40(3,4)34(41)16-17-42(35,43)6/h8-15,22,30,33-35H,16-21,23-25,27H2,1-7H3/t30?,33-,34-,35?,41-,42+,43+,44-/m0/s1. The minimum absolute atomic E-state index is 0.0175. The first-order chi connectivity index (χ1) is 23.0. The van der Waals surface area contributed by atoms with Gasteiger partial charge in [0.2, 0.25) is 0 Å². The number of carbonyl (C=O) groups excluding carboxylic acids is 2. The number of esters is 1.